The summed E-state index contributed by atoms with van der Waals surface area (Å²) in [6.07, 6.45) is 2.87. The molecular weight excluding hydrogens is 232 g/mol. The molecule has 0 saturated heterocycles. The van der Waals surface area contributed by atoms with Crippen molar-refractivity contribution < 1.29 is 5.11 Å². The van der Waals surface area contributed by atoms with Crippen LogP contribution >= 0.6 is 11.3 Å². The van der Waals surface area contributed by atoms with Crippen LogP contribution in [0.25, 0.3) is 0 Å². The molecular formula is C13H16N2OS. The first kappa shape index (κ1) is 12.1. The van der Waals surface area contributed by atoms with Crippen molar-refractivity contribution >= 4 is 11.3 Å². The summed E-state index contributed by atoms with van der Waals surface area (Å²) in [6, 6.07) is 7.70. The minimum atomic E-state index is 0.319. The highest BCUT2D eigenvalue weighted by molar-refractivity contribution is 7.09. The molecule has 2 aromatic rings. The standard InChI is InChI=1S/C13H16N2OS/c1-10(13-8-14-9-17-13)15-7-6-11-2-4-12(16)5-3-11/h2-5,8-10,15-16H,6-7H2,1H3. The van der Waals surface area contributed by atoms with E-state index in [1.165, 1.54) is 10.4 Å². The number of aromatic hydroxyl groups is 1. The van der Waals surface area contributed by atoms with E-state index in [2.05, 4.69) is 17.2 Å². The van der Waals surface area contributed by atoms with Gasteiger partial charge in [0, 0.05) is 17.1 Å². The molecule has 0 fully saturated rings. The molecule has 0 saturated carbocycles. The van der Waals surface area contributed by atoms with Crippen LogP contribution in [0.1, 0.15) is 23.4 Å². The Morgan fingerprint density at radius 2 is 2.12 bits per heavy atom. The van der Waals surface area contributed by atoms with Gasteiger partial charge >= 0.3 is 0 Å². The largest absolute Gasteiger partial charge is 0.508 e. The van der Waals surface area contributed by atoms with Crippen LogP contribution in [0.4, 0.5) is 0 Å². The van der Waals surface area contributed by atoms with E-state index >= 15 is 0 Å². The second-order valence-electron chi connectivity index (χ2n) is 4.00. The molecule has 0 amide bonds. The smallest absolute Gasteiger partial charge is 0.115 e. The van der Waals surface area contributed by atoms with Crippen molar-refractivity contribution in [2.45, 2.75) is 19.4 Å². The first-order valence-electron chi connectivity index (χ1n) is 5.65. The maximum absolute atomic E-state index is 9.17. The number of phenolic OH excluding ortho intramolecular Hbond substituents is 1. The molecule has 17 heavy (non-hydrogen) atoms. The van der Waals surface area contributed by atoms with Gasteiger partial charge in [0.1, 0.15) is 5.75 Å². The number of benzene rings is 1. The van der Waals surface area contributed by atoms with Gasteiger partial charge in [-0.3, -0.25) is 4.98 Å². The number of thiazole rings is 1. The minimum Gasteiger partial charge on any atom is -0.508 e. The van der Waals surface area contributed by atoms with E-state index in [-0.39, 0.29) is 0 Å². The summed E-state index contributed by atoms with van der Waals surface area (Å²) < 4.78 is 0. The van der Waals surface area contributed by atoms with E-state index in [1.807, 2.05) is 23.8 Å². The number of nitrogens with one attached hydrogen (secondary N) is 1. The van der Waals surface area contributed by atoms with Gasteiger partial charge in [-0.25, -0.2) is 0 Å². The van der Waals surface area contributed by atoms with Gasteiger partial charge < -0.3 is 10.4 Å². The molecule has 1 unspecified atom stereocenters. The summed E-state index contributed by atoms with van der Waals surface area (Å²) in [7, 11) is 0. The van der Waals surface area contributed by atoms with Gasteiger partial charge in [0.15, 0.2) is 0 Å². The highest BCUT2D eigenvalue weighted by Crippen LogP contribution is 2.16. The zero-order valence-corrected chi connectivity index (χ0v) is 10.6. The third kappa shape index (κ3) is 3.54. The number of nitrogens with zero attached hydrogens (tertiary/aromatic N) is 1. The van der Waals surface area contributed by atoms with E-state index in [0.29, 0.717) is 11.8 Å². The zero-order valence-electron chi connectivity index (χ0n) is 9.76. The third-order valence-corrected chi connectivity index (χ3v) is 3.64. The van der Waals surface area contributed by atoms with Gasteiger partial charge in [-0.2, -0.15) is 0 Å². The molecule has 90 valence electrons. The summed E-state index contributed by atoms with van der Waals surface area (Å²) >= 11 is 1.67. The summed E-state index contributed by atoms with van der Waals surface area (Å²) in [5.41, 5.74) is 3.08. The van der Waals surface area contributed by atoms with Crippen molar-refractivity contribution in [3.63, 3.8) is 0 Å². The van der Waals surface area contributed by atoms with Crippen LogP contribution in [0.3, 0.4) is 0 Å². The molecule has 1 aromatic heterocycles. The molecule has 1 aromatic carbocycles. The lowest BCUT2D eigenvalue weighted by molar-refractivity contribution is 0.475. The topological polar surface area (TPSA) is 45.1 Å². The average molecular weight is 248 g/mol. The molecule has 3 nitrogen and oxygen atoms in total. The van der Waals surface area contributed by atoms with Crippen molar-refractivity contribution in [3.8, 4) is 5.75 Å². The Balaban J connectivity index is 1.78. The zero-order chi connectivity index (χ0) is 12.1. The Labute approximate surface area is 105 Å². The summed E-state index contributed by atoms with van der Waals surface area (Å²) in [4.78, 5) is 5.33. The van der Waals surface area contributed by atoms with E-state index in [0.717, 1.165) is 13.0 Å². The molecule has 0 radical (unpaired) electrons. The van der Waals surface area contributed by atoms with Gasteiger partial charge in [-0.05, 0) is 37.6 Å². The molecule has 0 aliphatic heterocycles. The van der Waals surface area contributed by atoms with E-state index in [9.17, 15) is 5.11 Å². The highest BCUT2D eigenvalue weighted by Gasteiger charge is 2.05. The number of rotatable bonds is 5. The lowest BCUT2D eigenvalue weighted by Crippen LogP contribution is -2.20. The van der Waals surface area contributed by atoms with Crippen LogP contribution in [0.15, 0.2) is 36.0 Å². The maximum atomic E-state index is 9.17. The predicted octanol–water partition coefficient (Wildman–Crippen LogP) is 2.74. The van der Waals surface area contributed by atoms with Gasteiger partial charge in [0.2, 0.25) is 0 Å². The van der Waals surface area contributed by atoms with Gasteiger partial charge in [0.25, 0.3) is 0 Å². The molecule has 1 heterocycles. The van der Waals surface area contributed by atoms with Gasteiger partial charge in [0.05, 0.1) is 5.51 Å². The van der Waals surface area contributed by atoms with Gasteiger partial charge in [-0.1, -0.05) is 12.1 Å². The fourth-order valence-electron chi connectivity index (χ4n) is 1.64. The Bertz CT molecular complexity index is 439. The SMILES string of the molecule is CC(NCCc1ccc(O)cc1)c1cncs1. The molecule has 0 aliphatic carbocycles. The maximum Gasteiger partial charge on any atom is 0.115 e. The molecule has 0 bridgehead atoms. The predicted molar refractivity (Wildman–Crippen MR) is 70.3 cm³/mol. The van der Waals surface area contributed by atoms with Crippen LogP contribution in [0, 0.1) is 0 Å². The molecule has 0 spiro atoms. The quantitative estimate of drug-likeness (QED) is 0.855. The lowest BCUT2D eigenvalue weighted by atomic mass is 10.1. The summed E-state index contributed by atoms with van der Waals surface area (Å²) in [6.45, 7) is 3.06. The molecule has 0 aliphatic rings. The van der Waals surface area contributed by atoms with Crippen molar-refractivity contribution in [2.75, 3.05) is 6.54 Å². The minimum absolute atomic E-state index is 0.319. The Morgan fingerprint density at radius 3 is 2.76 bits per heavy atom. The van der Waals surface area contributed by atoms with Crippen LogP contribution < -0.4 is 5.32 Å². The monoisotopic (exact) mass is 248 g/mol. The second-order valence-corrected chi connectivity index (χ2v) is 4.91. The van der Waals surface area contributed by atoms with Crippen molar-refractivity contribution in [1.29, 1.82) is 0 Å². The Hall–Kier alpha value is -1.39. The van der Waals surface area contributed by atoms with Crippen molar-refractivity contribution in [2.24, 2.45) is 0 Å². The van der Waals surface area contributed by atoms with Crippen LogP contribution in [-0.4, -0.2) is 16.6 Å². The first-order valence-corrected chi connectivity index (χ1v) is 6.53. The molecule has 4 heteroatoms. The van der Waals surface area contributed by atoms with E-state index < -0.39 is 0 Å². The lowest BCUT2D eigenvalue weighted by Gasteiger charge is -2.11. The molecule has 2 N–H and O–H groups in total. The van der Waals surface area contributed by atoms with Crippen molar-refractivity contribution in [1.82, 2.24) is 10.3 Å². The molecule has 1 atom stereocenters. The summed E-state index contributed by atoms with van der Waals surface area (Å²) in [5, 5.41) is 12.6. The number of hydrogen-bond acceptors (Lipinski definition) is 4. The van der Waals surface area contributed by atoms with E-state index in [1.54, 1.807) is 23.5 Å². The third-order valence-electron chi connectivity index (χ3n) is 2.68. The van der Waals surface area contributed by atoms with Crippen LogP contribution in [0.2, 0.25) is 0 Å². The number of phenols is 1. The normalized spacial score (nSPS) is 12.5. The van der Waals surface area contributed by atoms with Gasteiger partial charge in [-0.15, -0.1) is 11.3 Å². The molecule has 2 rings (SSSR count). The fourth-order valence-corrected chi connectivity index (χ4v) is 2.29. The van der Waals surface area contributed by atoms with Crippen LogP contribution in [-0.2, 0) is 6.42 Å². The Morgan fingerprint density at radius 1 is 1.35 bits per heavy atom. The highest BCUT2D eigenvalue weighted by atomic mass is 32.1. The fraction of sp³-hybridized carbons (Fsp3) is 0.308. The van der Waals surface area contributed by atoms with Crippen LogP contribution in [0.5, 0.6) is 5.75 Å². The Kier molecular flexibility index (Phi) is 4.12. The number of aromatic nitrogens is 1. The second kappa shape index (κ2) is 5.80. The van der Waals surface area contributed by atoms with Crippen molar-refractivity contribution in [3.05, 3.63) is 46.4 Å². The number of hydrogen-bond donors (Lipinski definition) is 2. The van der Waals surface area contributed by atoms with E-state index in [4.69, 9.17) is 0 Å². The average Bonchev–Trinajstić information content (AvgIpc) is 2.85. The first-order chi connectivity index (χ1) is 8.25. The summed E-state index contributed by atoms with van der Waals surface area (Å²) in [5.74, 6) is 0.319.